The summed E-state index contributed by atoms with van der Waals surface area (Å²) in [6, 6.07) is 9.38. The Morgan fingerprint density at radius 2 is 1.95 bits per heavy atom. The van der Waals surface area contributed by atoms with Crippen LogP contribution >= 0.6 is 0 Å². The van der Waals surface area contributed by atoms with Crippen LogP contribution in [0.1, 0.15) is 31.7 Å². The highest BCUT2D eigenvalue weighted by Gasteiger charge is 2.39. The molecule has 0 aromatic heterocycles. The third-order valence-corrected chi connectivity index (χ3v) is 3.71. The lowest BCUT2D eigenvalue weighted by atomic mass is 9.89. The fraction of sp³-hybridized carbons (Fsp3) is 0.562. The molecule has 1 rings (SSSR count). The van der Waals surface area contributed by atoms with Crippen molar-refractivity contribution in [3.8, 4) is 0 Å². The zero-order valence-corrected chi connectivity index (χ0v) is 12.7. The van der Waals surface area contributed by atoms with Gasteiger partial charge in [-0.3, -0.25) is 0 Å². The Balaban J connectivity index is 2.87. The summed E-state index contributed by atoms with van der Waals surface area (Å²) in [4.78, 5) is 13.9. The molecule has 112 valence electrons. The maximum absolute atomic E-state index is 11.8. The van der Waals surface area contributed by atoms with E-state index in [4.69, 9.17) is 0 Å². The molecule has 0 heterocycles. The van der Waals surface area contributed by atoms with E-state index in [-0.39, 0.29) is 0 Å². The molecule has 4 heteroatoms. The Bertz CT molecular complexity index is 408. The minimum absolute atomic E-state index is 0.451. The number of aliphatic carboxylic acids is 1. The SMILES string of the molecule is CCCCCN(C)CC(NC)(C(=O)O)c1ccccc1. The number of likely N-dealkylation sites (N-methyl/N-ethyl adjacent to an activating group) is 2. The number of hydrogen-bond donors (Lipinski definition) is 2. The van der Waals surface area contributed by atoms with Crippen LogP contribution in [0.2, 0.25) is 0 Å². The van der Waals surface area contributed by atoms with Crippen molar-refractivity contribution in [2.75, 3.05) is 27.2 Å². The van der Waals surface area contributed by atoms with Crippen LogP contribution in [0.15, 0.2) is 30.3 Å². The van der Waals surface area contributed by atoms with Crippen LogP contribution in [0.5, 0.6) is 0 Å². The summed E-state index contributed by atoms with van der Waals surface area (Å²) < 4.78 is 0. The molecule has 1 aromatic carbocycles. The second-order valence-corrected chi connectivity index (χ2v) is 5.27. The first kappa shape index (κ1) is 16.7. The summed E-state index contributed by atoms with van der Waals surface area (Å²) in [5, 5.41) is 12.7. The molecule has 0 amide bonds. The van der Waals surface area contributed by atoms with Gasteiger partial charge in [-0.1, -0.05) is 50.1 Å². The number of nitrogens with zero attached hydrogens (tertiary/aromatic N) is 1. The van der Waals surface area contributed by atoms with Crippen molar-refractivity contribution in [3.05, 3.63) is 35.9 Å². The molecule has 2 N–H and O–H groups in total. The van der Waals surface area contributed by atoms with E-state index in [2.05, 4.69) is 17.1 Å². The number of carbonyl (C=O) groups is 1. The van der Waals surface area contributed by atoms with Gasteiger partial charge in [0.15, 0.2) is 5.54 Å². The van der Waals surface area contributed by atoms with Crippen molar-refractivity contribution in [2.24, 2.45) is 0 Å². The maximum atomic E-state index is 11.8. The van der Waals surface area contributed by atoms with Crippen molar-refractivity contribution in [2.45, 2.75) is 31.7 Å². The van der Waals surface area contributed by atoms with E-state index < -0.39 is 11.5 Å². The van der Waals surface area contributed by atoms with Gasteiger partial charge < -0.3 is 15.3 Å². The van der Waals surface area contributed by atoms with Crippen LogP contribution in [0.3, 0.4) is 0 Å². The summed E-state index contributed by atoms with van der Waals surface area (Å²) >= 11 is 0. The first-order valence-electron chi connectivity index (χ1n) is 7.23. The first-order valence-corrected chi connectivity index (χ1v) is 7.23. The lowest BCUT2D eigenvalue weighted by Crippen LogP contribution is -2.54. The third-order valence-electron chi connectivity index (χ3n) is 3.71. The zero-order chi connectivity index (χ0) is 15.0. The molecule has 0 saturated heterocycles. The lowest BCUT2D eigenvalue weighted by molar-refractivity contribution is -0.146. The first-order chi connectivity index (χ1) is 9.56. The second-order valence-electron chi connectivity index (χ2n) is 5.27. The number of carboxylic acid groups (broad SMARTS) is 1. The number of benzene rings is 1. The van der Waals surface area contributed by atoms with Gasteiger partial charge >= 0.3 is 5.97 Å². The average molecular weight is 278 g/mol. The third kappa shape index (κ3) is 4.05. The van der Waals surface area contributed by atoms with Gasteiger partial charge in [0.2, 0.25) is 0 Å². The summed E-state index contributed by atoms with van der Waals surface area (Å²) in [5.41, 5.74) is -0.264. The molecule has 1 aromatic rings. The van der Waals surface area contributed by atoms with Gasteiger partial charge in [-0.05, 0) is 32.6 Å². The Kier molecular flexibility index (Phi) is 6.68. The summed E-state index contributed by atoms with van der Waals surface area (Å²) in [5.74, 6) is -0.839. The smallest absolute Gasteiger partial charge is 0.329 e. The van der Waals surface area contributed by atoms with Crippen LogP contribution in [0, 0.1) is 0 Å². The number of nitrogens with one attached hydrogen (secondary N) is 1. The summed E-state index contributed by atoms with van der Waals surface area (Å²) in [6.45, 7) is 3.53. The molecule has 0 aliphatic carbocycles. The molecule has 0 bridgehead atoms. The number of carboxylic acids is 1. The van der Waals surface area contributed by atoms with Crippen LogP contribution in [0.4, 0.5) is 0 Å². The molecule has 0 fully saturated rings. The molecule has 1 atom stereocenters. The Hall–Kier alpha value is -1.39. The standard InChI is InChI=1S/C16H26N2O2/c1-4-5-9-12-18(3)13-16(17-2,15(19)20)14-10-7-6-8-11-14/h6-8,10-11,17H,4-5,9,12-13H2,1-3H3,(H,19,20). The fourth-order valence-corrected chi connectivity index (χ4v) is 2.45. The van der Waals surface area contributed by atoms with E-state index in [1.165, 1.54) is 12.8 Å². The van der Waals surface area contributed by atoms with Crippen molar-refractivity contribution in [3.63, 3.8) is 0 Å². The van der Waals surface area contributed by atoms with Gasteiger partial charge in [0.05, 0.1) is 0 Å². The highest BCUT2D eigenvalue weighted by Crippen LogP contribution is 2.22. The monoisotopic (exact) mass is 278 g/mol. The van der Waals surface area contributed by atoms with Gasteiger partial charge in [0.25, 0.3) is 0 Å². The van der Waals surface area contributed by atoms with Crippen molar-refractivity contribution in [1.29, 1.82) is 0 Å². The Morgan fingerprint density at radius 3 is 2.45 bits per heavy atom. The molecule has 20 heavy (non-hydrogen) atoms. The van der Waals surface area contributed by atoms with E-state index in [1.807, 2.05) is 37.4 Å². The topological polar surface area (TPSA) is 52.6 Å². The van der Waals surface area contributed by atoms with Crippen LogP contribution in [-0.4, -0.2) is 43.2 Å². The van der Waals surface area contributed by atoms with Gasteiger partial charge in [-0.15, -0.1) is 0 Å². The van der Waals surface area contributed by atoms with E-state index >= 15 is 0 Å². The van der Waals surface area contributed by atoms with E-state index in [1.54, 1.807) is 7.05 Å². The zero-order valence-electron chi connectivity index (χ0n) is 12.7. The van der Waals surface area contributed by atoms with Crippen LogP contribution in [0.25, 0.3) is 0 Å². The van der Waals surface area contributed by atoms with E-state index in [0.717, 1.165) is 18.5 Å². The Labute approximate surface area is 121 Å². The van der Waals surface area contributed by atoms with Gasteiger partial charge in [-0.25, -0.2) is 4.79 Å². The normalized spacial score (nSPS) is 14.2. The van der Waals surface area contributed by atoms with Crippen molar-refractivity contribution in [1.82, 2.24) is 10.2 Å². The van der Waals surface area contributed by atoms with Gasteiger partial charge in [-0.2, -0.15) is 0 Å². The minimum atomic E-state index is -1.05. The van der Waals surface area contributed by atoms with Gasteiger partial charge in [0, 0.05) is 6.54 Å². The quantitative estimate of drug-likeness (QED) is 0.681. The predicted molar refractivity (Wildman–Crippen MR) is 81.8 cm³/mol. The summed E-state index contributed by atoms with van der Waals surface area (Å²) in [7, 11) is 3.69. The number of unbranched alkanes of at least 4 members (excludes halogenated alkanes) is 2. The number of hydrogen-bond acceptors (Lipinski definition) is 3. The van der Waals surface area contributed by atoms with Crippen molar-refractivity contribution < 1.29 is 9.90 Å². The molecule has 0 aliphatic heterocycles. The average Bonchev–Trinajstić information content (AvgIpc) is 2.45. The molecule has 0 saturated carbocycles. The molecule has 1 unspecified atom stereocenters. The highest BCUT2D eigenvalue weighted by molar-refractivity contribution is 5.81. The molecule has 4 nitrogen and oxygen atoms in total. The van der Waals surface area contributed by atoms with Crippen molar-refractivity contribution >= 4 is 5.97 Å². The maximum Gasteiger partial charge on any atom is 0.329 e. The van der Waals surface area contributed by atoms with Gasteiger partial charge in [0.1, 0.15) is 0 Å². The second kappa shape index (κ2) is 8.02. The minimum Gasteiger partial charge on any atom is -0.480 e. The largest absolute Gasteiger partial charge is 0.480 e. The molecule has 0 spiro atoms. The molecule has 0 radical (unpaired) electrons. The summed E-state index contributed by atoms with van der Waals surface area (Å²) in [6.07, 6.45) is 3.44. The van der Waals surface area contributed by atoms with Crippen LogP contribution in [-0.2, 0) is 10.3 Å². The number of rotatable bonds is 9. The van der Waals surface area contributed by atoms with Crippen LogP contribution < -0.4 is 5.32 Å². The molecule has 0 aliphatic rings. The molecular formula is C16H26N2O2. The highest BCUT2D eigenvalue weighted by atomic mass is 16.4. The van der Waals surface area contributed by atoms with E-state index in [0.29, 0.717) is 6.54 Å². The fourth-order valence-electron chi connectivity index (χ4n) is 2.45. The predicted octanol–water partition coefficient (Wildman–Crippen LogP) is 2.31. The molecular weight excluding hydrogens is 252 g/mol. The van der Waals surface area contributed by atoms with E-state index in [9.17, 15) is 9.90 Å². The Morgan fingerprint density at radius 1 is 1.30 bits per heavy atom. The lowest BCUT2D eigenvalue weighted by Gasteiger charge is -2.33.